The summed E-state index contributed by atoms with van der Waals surface area (Å²) in [4.78, 5) is 12.0. The average molecular weight is 228 g/mol. The molecule has 0 saturated carbocycles. The molecule has 2 heteroatoms. The van der Waals surface area contributed by atoms with E-state index in [1.54, 1.807) is 0 Å². The van der Waals surface area contributed by atoms with E-state index >= 15 is 0 Å². The van der Waals surface area contributed by atoms with Gasteiger partial charge in [-0.05, 0) is 31.4 Å². The third-order valence-electron chi connectivity index (χ3n) is 3.69. The van der Waals surface area contributed by atoms with Gasteiger partial charge >= 0.3 is 0 Å². The molecule has 0 spiro atoms. The number of rotatable bonds is 1. The molecule has 0 fully saturated rings. The molecule has 1 aliphatic heterocycles. The molecule has 1 aliphatic carbocycles. The second kappa shape index (κ2) is 4.36. The Kier molecular flexibility index (Phi) is 2.71. The number of fused-ring (bicyclic) bond motifs is 1. The molecule has 0 radical (unpaired) electrons. The summed E-state index contributed by atoms with van der Waals surface area (Å²) in [7, 11) is 0. The predicted octanol–water partition coefficient (Wildman–Crippen LogP) is 3.38. The Hall–Kier alpha value is -1.57. The maximum absolute atomic E-state index is 12.0. The van der Waals surface area contributed by atoms with E-state index in [9.17, 15) is 4.79 Å². The molecule has 88 valence electrons. The minimum Gasteiger partial charge on any atom is -0.489 e. The number of para-hydroxylation sites is 1. The first-order valence-electron chi connectivity index (χ1n) is 6.28. The molecular weight excluding hydrogens is 212 g/mol. The molecule has 2 aliphatic rings. The molecule has 17 heavy (non-hydrogen) atoms. The van der Waals surface area contributed by atoms with E-state index < -0.39 is 0 Å². The molecule has 3 rings (SSSR count). The average Bonchev–Trinajstić information content (AvgIpc) is 2.40. The van der Waals surface area contributed by atoms with Crippen LogP contribution in [-0.4, -0.2) is 11.9 Å². The SMILES string of the molecule is O=C1CC(C2CC=CCC2)Oc2ccccc21. The lowest BCUT2D eigenvalue weighted by atomic mass is 9.85. The highest BCUT2D eigenvalue weighted by Crippen LogP contribution is 2.33. The van der Waals surface area contributed by atoms with E-state index in [-0.39, 0.29) is 11.9 Å². The molecule has 1 aromatic rings. The van der Waals surface area contributed by atoms with Crippen molar-refractivity contribution in [2.45, 2.75) is 31.8 Å². The Morgan fingerprint density at radius 3 is 2.88 bits per heavy atom. The highest BCUT2D eigenvalue weighted by Gasteiger charge is 2.31. The van der Waals surface area contributed by atoms with Gasteiger partial charge in [-0.25, -0.2) is 0 Å². The van der Waals surface area contributed by atoms with Gasteiger partial charge in [-0.2, -0.15) is 0 Å². The number of benzene rings is 1. The summed E-state index contributed by atoms with van der Waals surface area (Å²) in [5, 5.41) is 0. The van der Waals surface area contributed by atoms with Gasteiger partial charge in [-0.1, -0.05) is 24.3 Å². The Balaban J connectivity index is 1.83. The van der Waals surface area contributed by atoms with E-state index in [1.165, 1.54) is 0 Å². The van der Waals surface area contributed by atoms with Crippen LogP contribution in [-0.2, 0) is 0 Å². The first kappa shape index (κ1) is 10.6. The molecular formula is C15H16O2. The largest absolute Gasteiger partial charge is 0.489 e. The number of hydrogen-bond donors (Lipinski definition) is 0. The smallest absolute Gasteiger partial charge is 0.170 e. The number of ketones is 1. The van der Waals surface area contributed by atoms with Gasteiger partial charge in [0.1, 0.15) is 11.9 Å². The second-order valence-electron chi connectivity index (χ2n) is 4.82. The predicted molar refractivity (Wildman–Crippen MR) is 66.3 cm³/mol. The number of hydrogen-bond acceptors (Lipinski definition) is 2. The summed E-state index contributed by atoms with van der Waals surface area (Å²) in [5.41, 5.74) is 0.745. The van der Waals surface area contributed by atoms with Crippen LogP contribution in [0.2, 0.25) is 0 Å². The van der Waals surface area contributed by atoms with E-state index in [4.69, 9.17) is 4.74 Å². The fourth-order valence-corrected chi connectivity index (χ4v) is 2.71. The molecule has 2 nitrogen and oxygen atoms in total. The Morgan fingerprint density at radius 2 is 2.06 bits per heavy atom. The van der Waals surface area contributed by atoms with Crippen molar-refractivity contribution >= 4 is 5.78 Å². The topological polar surface area (TPSA) is 26.3 Å². The molecule has 2 unspecified atom stereocenters. The van der Waals surface area contributed by atoms with E-state index in [0.717, 1.165) is 30.6 Å². The number of carbonyl (C=O) groups is 1. The zero-order valence-electron chi connectivity index (χ0n) is 9.76. The number of allylic oxidation sites excluding steroid dienone is 2. The van der Waals surface area contributed by atoms with Gasteiger partial charge in [0.25, 0.3) is 0 Å². The van der Waals surface area contributed by atoms with Gasteiger partial charge in [-0.15, -0.1) is 0 Å². The maximum Gasteiger partial charge on any atom is 0.170 e. The van der Waals surface area contributed by atoms with Crippen LogP contribution in [0.1, 0.15) is 36.0 Å². The molecule has 0 aromatic heterocycles. The van der Waals surface area contributed by atoms with Gasteiger partial charge in [0, 0.05) is 12.3 Å². The maximum atomic E-state index is 12.0. The van der Waals surface area contributed by atoms with Crippen molar-refractivity contribution in [1.82, 2.24) is 0 Å². The molecule has 0 saturated heterocycles. The van der Waals surface area contributed by atoms with Gasteiger partial charge < -0.3 is 4.74 Å². The second-order valence-corrected chi connectivity index (χ2v) is 4.82. The van der Waals surface area contributed by atoms with Gasteiger partial charge in [0.2, 0.25) is 0 Å². The number of carbonyl (C=O) groups excluding carboxylic acids is 1. The van der Waals surface area contributed by atoms with Crippen molar-refractivity contribution in [3.05, 3.63) is 42.0 Å². The van der Waals surface area contributed by atoms with Crippen molar-refractivity contribution in [2.24, 2.45) is 5.92 Å². The van der Waals surface area contributed by atoms with Crippen molar-refractivity contribution in [1.29, 1.82) is 0 Å². The lowest BCUT2D eigenvalue weighted by Gasteiger charge is -2.32. The summed E-state index contributed by atoms with van der Waals surface area (Å²) >= 11 is 0. The van der Waals surface area contributed by atoms with Crippen LogP contribution in [0.15, 0.2) is 36.4 Å². The highest BCUT2D eigenvalue weighted by molar-refractivity contribution is 5.99. The first-order valence-corrected chi connectivity index (χ1v) is 6.28. The van der Waals surface area contributed by atoms with E-state index in [0.29, 0.717) is 12.3 Å². The normalized spacial score (nSPS) is 27.4. The summed E-state index contributed by atoms with van der Waals surface area (Å²) in [6.45, 7) is 0. The zero-order chi connectivity index (χ0) is 11.7. The first-order chi connectivity index (χ1) is 8.34. The van der Waals surface area contributed by atoms with Gasteiger partial charge in [0.15, 0.2) is 5.78 Å². The van der Waals surface area contributed by atoms with Crippen LogP contribution < -0.4 is 4.74 Å². The molecule has 2 atom stereocenters. The number of Topliss-reactive ketones (excluding diaryl/α,β-unsaturated/α-hetero) is 1. The molecule has 1 aromatic carbocycles. The molecule has 0 N–H and O–H groups in total. The molecule has 0 bridgehead atoms. The minimum absolute atomic E-state index is 0.0716. The Morgan fingerprint density at radius 1 is 1.18 bits per heavy atom. The summed E-state index contributed by atoms with van der Waals surface area (Å²) in [6, 6.07) is 7.58. The van der Waals surface area contributed by atoms with Crippen LogP contribution in [0, 0.1) is 5.92 Å². The standard InChI is InChI=1S/C15H16O2/c16-13-10-15(11-6-2-1-3-7-11)17-14-9-5-4-8-12(13)14/h1-2,4-5,8-9,11,15H,3,6-7,10H2. The summed E-state index contributed by atoms with van der Waals surface area (Å²) in [5.74, 6) is 1.49. The monoisotopic (exact) mass is 228 g/mol. The van der Waals surface area contributed by atoms with Crippen LogP contribution >= 0.6 is 0 Å². The number of ether oxygens (including phenoxy) is 1. The van der Waals surface area contributed by atoms with Crippen molar-refractivity contribution in [3.63, 3.8) is 0 Å². The third-order valence-corrected chi connectivity index (χ3v) is 3.69. The van der Waals surface area contributed by atoms with Crippen LogP contribution in [0.5, 0.6) is 5.75 Å². The third kappa shape index (κ3) is 1.99. The lowest BCUT2D eigenvalue weighted by Crippen LogP contribution is -2.34. The fraction of sp³-hybridized carbons (Fsp3) is 0.400. The van der Waals surface area contributed by atoms with E-state index in [2.05, 4.69) is 12.2 Å². The van der Waals surface area contributed by atoms with Crippen LogP contribution in [0.25, 0.3) is 0 Å². The molecule has 1 heterocycles. The quantitative estimate of drug-likeness (QED) is 0.689. The minimum atomic E-state index is 0.0716. The summed E-state index contributed by atoms with van der Waals surface area (Å²) in [6.07, 6.45) is 8.33. The van der Waals surface area contributed by atoms with Crippen LogP contribution in [0.4, 0.5) is 0 Å². The Labute approximate surface area is 101 Å². The highest BCUT2D eigenvalue weighted by atomic mass is 16.5. The van der Waals surface area contributed by atoms with Crippen molar-refractivity contribution in [3.8, 4) is 5.75 Å². The van der Waals surface area contributed by atoms with Crippen LogP contribution in [0.3, 0.4) is 0 Å². The van der Waals surface area contributed by atoms with Crippen molar-refractivity contribution in [2.75, 3.05) is 0 Å². The lowest BCUT2D eigenvalue weighted by molar-refractivity contribution is 0.0714. The van der Waals surface area contributed by atoms with Gasteiger partial charge in [-0.3, -0.25) is 4.79 Å². The molecule has 0 amide bonds. The van der Waals surface area contributed by atoms with Gasteiger partial charge in [0.05, 0.1) is 5.56 Å². The fourth-order valence-electron chi connectivity index (χ4n) is 2.71. The van der Waals surface area contributed by atoms with Crippen molar-refractivity contribution < 1.29 is 9.53 Å². The zero-order valence-corrected chi connectivity index (χ0v) is 9.76. The van der Waals surface area contributed by atoms with E-state index in [1.807, 2.05) is 24.3 Å². The Bertz CT molecular complexity index is 462. The summed E-state index contributed by atoms with van der Waals surface area (Å²) < 4.78 is 5.99.